The van der Waals surface area contributed by atoms with Crippen molar-refractivity contribution in [3.63, 3.8) is 0 Å². The highest BCUT2D eigenvalue weighted by molar-refractivity contribution is 9.10. The van der Waals surface area contributed by atoms with Gasteiger partial charge in [0, 0.05) is 27.5 Å². The summed E-state index contributed by atoms with van der Waals surface area (Å²) < 4.78 is 3.16. The first kappa shape index (κ1) is 11.4. The minimum Gasteiger partial charge on any atom is -0.336 e. The van der Waals surface area contributed by atoms with Gasteiger partial charge in [0.25, 0.3) is 0 Å². The van der Waals surface area contributed by atoms with E-state index in [4.69, 9.17) is 0 Å². The fourth-order valence-electron chi connectivity index (χ4n) is 1.88. The molecule has 0 fully saturated rings. The molecule has 2 nitrogen and oxygen atoms in total. The van der Waals surface area contributed by atoms with Crippen molar-refractivity contribution in [1.82, 2.24) is 4.57 Å². The maximum absolute atomic E-state index is 11.6. The lowest BCUT2D eigenvalue weighted by atomic mass is 10.2. The van der Waals surface area contributed by atoms with Crippen LogP contribution in [0.25, 0.3) is 10.9 Å². The predicted molar refractivity (Wildman–Crippen MR) is 69.7 cm³/mol. The molecule has 0 atom stereocenters. The normalized spacial score (nSPS) is 10.9. The highest BCUT2D eigenvalue weighted by atomic mass is 79.9. The molecule has 0 saturated carbocycles. The third kappa shape index (κ3) is 1.80. The Labute approximate surface area is 103 Å². The molecule has 1 aromatic carbocycles. The Hall–Kier alpha value is -1.09. The van der Waals surface area contributed by atoms with Gasteiger partial charge in [-0.25, -0.2) is 0 Å². The second-order valence-corrected chi connectivity index (χ2v) is 4.69. The minimum absolute atomic E-state index is 0.261. The zero-order valence-corrected chi connectivity index (χ0v) is 11.0. The number of carbonyl (C=O) groups is 1. The molecule has 0 amide bonds. The Morgan fingerprint density at radius 1 is 1.38 bits per heavy atom. The van der Waals surface area contributed by atoms with Crippen LogP contribution in [0.5, 0.6) is 0 Å². The van der Waals surface area contributed by atoms with Crippen molar-refractivity contribution in [2.24, 2.45) is 0 Å². The third-order valence-electron chi connectivity index (χ3n) is 2.88. The van der Waals surface area contributed by atoms with E-state index in [0.29, 0.717) is 13.0 Å². The standard InChI is InChI=1S/C13H14BrNO/c1-3-10(16)8-15-9(2)13(14)11-6-4-5-7-12(11)15/h4-7H,3,8H2,1-2H3. The van der Waals surface area contributed by atoms with Crippen LogP contribution in [0.2, 0.25) is 0 Å². The van der Waals surface area contributed by atoms with Crippen molar-refractivity contribution >= 4 is 32.6 Å². The van der Waals surface area contributed by atoms with Gasteiger partial charge in [0.2, 0.25) is 0 Å². The van der Waals surface area contributed by atoms with Gasteiger partial charge >= 0.3 is 0 Å². The molecule has 0 aliphatic heterocycles. The van der Waals surface area contributed by atoms with Gasteiger partial charge in [-0.1, -0.05) is 25.1 Å². The van der Waals surface area contributed by atoms with E-state index in [0.717, 1.165) is 15.7 Å². The van der Waals surface area contributed by atoms with E-state index < -0.39 is 0 Å². The minimum atomic E-state index is 0.261. The first-order chi connectivity index (χ1) is 7.65. The molecule has 3 heteroatoms. The van der Waals surface area contributed by atoms with Gasteiger partial charge in [-0.2, -0.15) is 0 Å². The number of hydrogen-bond donors (Lipinski definition) is 0. The molecule has 0 radical (unpaired) electrons. The summed E-state index contributed by atoms with van der Waals surface area (Å²) in [5.41, 5.74) is 2.23. The van der Waals surface area contributed by atoms with Gasteiger partial charge in [0.15, 0.2) is 5.78 Å². The monoisotopic (exact) mass is 279 g/mol. The zero-order valence-electron chi connectivity index (χ0n) is 9.46. The summed E-state index contributed by atoms with van der Waals surface area (Å²) in [7, 11) is 0. The first-order valence-corrected chi connectivity index (χ1v) is 6.19. The SMILES string of the molecule is CCC(=O)Cn1c(C)c(Br)c2ccccc21. The van der Waals surface area contributed by atoms with E-state index in [1.165, 1.54) is 5.39 Å². The molecular weight excluding hydrogens is 266 g/mol. The number of ketones is 1. The number of nitrogens with zero attached hydrogens (tertiary/aromatic N) is 1. The molecule has 0 bridgehead atoms. The van der Waals surface area contributed by atoms with Crippen LogP contribution in [0.4, 0.5) is 0 Å². The summed E-state index contributed by atoms with van der Waals surface area (Å²) in [5.74, 6) is 0.261. The van der Waals surface area contributed by atoms with Gasteiger partial charge in [-0.05, 0) is 28.9 Å². The van der Waals surface area contributed by atoms with Gasteiger partial charge in [0.1, 0.15) is 0 Å². The Kier molecular flexibility index (Phi) is 3.15. The Morgan fingerprint density at radius 3 is 2.75 bits per heavy atom. The molecule has 0 spiro atoms. The summed E-state index contributed by atoms with van der Waals surface area (Å²) in [5, 5.41) is 1.17. The molecule has 2 aromatic rings. The van der Waals surface area contributed by atoms with Gasteiger partial charge in [0.05, 0.1) is 6.54 Å². The summed E-state index contributed by atoms with van der Waals surface area (Å²) in [6.07, 6.45) is 0.587. The number of aromatic nitrogens is 1. The average molecular weight is 280 g/mol. The summed E-state index contributed by atoms with van der Waals surface area (Å²) in [6, 6.07) is 8.13. The molecule has 1 heterocycles. The second-order valence-electron chi connectivity index (χ2n) is 3.89. The predicted octanol–water partition coefficient (Wildman–Crippen LogP) is 3.69. The fourth-order valence-corrected chi connectivity index (χ4v) is 2.43. The summed E-state index contributed by atoms with van der Waals surface area (Å²) in [6.45, 7) is 4.40. The molecule has 2 rings (SSSR count). The molecule has 0 aliphatic carbocycles. The maximum Gasteiger partial charge on any atom is 0.152 e. The van der Waals surface area contributed by atoms with Gasteiger partial charge < -0.3 is 4.57 Å². The van der Waals surface area contributed by atoms with E-state index in [1.54, 1.807) is 0 Å². The molecule has 84 valence electrons. The van der Waals surface area contributed by atoms with Crippen molar-refractivity contribution in [1.29, 1.82) is 0 Å². The van der Waals surface area contributed by atoms with Crippen molar-refractivity contribution < 1.29 is 4.79 Å². The van der Waals surface area contributed by atoms with Crippen molar-refractivity contribution in [2.45, 2.75) is 26.8 Å². The molecule has 0 N–H and O–H groups in total. The quantitative estimate of drug-likeness (QED) is 0.840. The van der Waals surface area contributed by atoms with Crippen LogP contribution in [-0.4, -0.2) is 10.4 Å². The van der Waals surface area contributed by atoms with E-state index in [-0.39, 0.29) is 5.78 Å². The Morgan fingerprint density at radius 2 is 2.06 bits per heavy atom. The molecule has 0 saturated heterocycles. The topological polar surface area (TPSA) is 22.0 Å². The van der Waals surface area contributed by atoms with Crippen LogP contribution >= 0.6 is 15.9 Å². The van der Waals surface area contributed by atoms with Crippen LogP contribution < -0.4 is 0 Å². The van der Waals surface area contributed by atoms with Crippen LogP contribution in [0.1, 0.15) is 19.0 Å². The van der Waals surface area contributed by atoms with Crippen LogP contribution in [0, 0.1) is 6.92 Å². The van der Waals surface area contributed by atoms with E-state index in [9.17, 15) is 4.79 Å². The molecular formula is C13H14BrNO. The van der Waals surface area contributed by atoms with Crippen molar-refractivity contribution in [2.75, 3.05) is 0 Å². The molecule has 1 aromatic heterocycles. The Balaban J connectivity index is 2.59. The summed E-state index contributed by atoms with van der Waals surface area (Å²) in [4.78, 5) is 11.6. The number of rotatable bonds is 3. The van der Waals surface area contributed by atoms with Crippen molar-refractivity contribution in [3.05, 3.63) is 34.4 Å². The highest BCUT2D eigenvalue weighted by Gasteiger charge is 2.12. The number of benzene rings is 1. The fraction of sp³-hybridized carbons (Fsp3) is 0.308. The summed E-state index contributed by atoms with van der Waals surface area (Å²) >= 11 is 3.58. The van der Waals surface area contributed by atoms with Crippen LogP contribution in [0.15, 0.2) is 28.7 Å². The average Bonchev–Trinajstić information content (AvgIpc) is 2.55. The lowest BCUT2D eigenvalue weighted by Crippen LogP contribution is -2.09. The van der Waals surface area contributed by atoms with Crippen LogP contribution in [0.3, 0.4) is 0 Å². The van der Waals surface area contributed by atoms with Gasteiger partial charge in [-0.3, -0.25) is 4.79 Å². The highest BCUT2D eigenvalue weighted by Crippen LogP contribution is 2.30. The number of fused-ring (bicyclic) bond motifs is 1. The first-order valence-electron chi connectivity index (χ1n) is 5.40. The Bertz CT molecular complexity index is 542. The number of hydrogen-bond acceptors (Lipinski definition) is 1. The number of Topliss-reactive ketones (excluding diaryl/α,β-unsaturated/α-hetero) is 1. The lowest BCUT2D eigenvalue weighted by Gasteiger charge is -2.06. The van der Waals surface area contributed by atoms with E-state index in [2.05, 4.69) is 32.6 Å². The number of carbonyl (C=O) groups excluding carboxylic acids is 1. The third-order valence-corrected chi connectivity index (χ3v) is 3.88. The second kappa shape index (κ2) is 4.42. The molecule has 16 heavy (non-hydrogen) atoms. The van der Waals surface area contributed by atoms with Gasteiger partial charge in [-0.15, -0.1) is 0 Å². The molecule has 0 unspecified atom stereocenters. The maximum atomic E-state index is 11.6. The van der Waals surface area contributed by atoms with E-state index >= 15 is 0 Å². The zero-order chi connectivity index (χ0) is 11.7. The number of halogens is 1. The largest absolute Gasteiger partial charge is 0.336 e. The number of para-hydroxylation sites is 1. The lowest BCUT2D eigenvalue weighted by molar-refractivity contribution is -0.119. The van der Waals surface area contributed by atoms with E-state index in [1.807, 2.05) is 26.0 Å². The molecule has 0 aliphatic rings. The smallest absolute Gasteiger partial charge is 0.152 e. The van der Waals surface area contributed by atoms with Crippen molar-refractivity contribution in [3.8, 4) is 0 Å². The van der Waals surface area contributed by atoms with Crippen LogP contribution in [-0.2, 0) is 11.3 Å².